The lowest BCUT2D eigenvalue weighted by Crippen LogP contribution is -2.43. The smallest absolute Gasteiger partial charge is 0.344 e. The molecule has 1 heterocycles. The van der Waals surface area contributed by atoms with Crippen LogP contribution < -0.4 is 9.47 Å². The van der Waals surface area contributed by atoms with Gasteiger partial charge in [0.2, 0.25) is 0 Å². The average Bonchev–Trinajstić information content (AvgIpc) is 2.55. The molecule has 0 atom stereocenters. The fraction of sp³-hybridized carbons (Fsp3) is 0.556. The maximum Gasteiger partial charge on any atom is 0.344 e. The van der Waals surface area contributed by atoms with E-state index in [-0.39, 0.29) is 17.4 Å². The Hall–Kier alpha value is -1.75. The molecule has 2 aliphatic rings. The molecule has 6 heteroatoms. The third kappa shape index (κ3) is 3.51. The van der Waals surface area contributed by atoms with Crippen molar-refractivity contribution < 1.29 is 23.8 Å². The van der Waals surface area contributed by atoms with Gasteiger partial charge in [-0.15, -0.1) is 0 Å². The third-order valence-electron chi connectivity index (χ3n) is 4.56. The van der Waals surface area contributed by atoms with Crippen LogP contribution in [0.3, 0.4) is 0 Å². The summed E-state index contributed by atoms with van der Waals surface area (Å²) in [5.41, 5.74) is 0.0915. The first-order valence-corrected chi connectivity index (χ1v) is 8.75. The van der Waals surface area contributed by atoms with Crippen molar-refractivity contribution in [1.29, 1.82) is 0 Å². The molecule has 0 amide bonds. The topological polar surface area (TPSA) is 61.8 Å². The van der Waals surface area contributed by atoms with E-state index in [9.17, 15) is 9.59 Å². The average molecular weight is 353 g/mol. The number of hydrogen-bond donors (Lipinski definition) is 0. The predicted octanol–water partition coefficient (Wildman–Crippen LogP) is 3.95. The molecule has 1 aliphatic heterocycles. The molecule has 3 rings (SSSR count). The Labute approximate surface area is 146 Å². The number of esters is 1. The van der Waals surface area contributed by atoms with Crippen molar-refractivity contribution in [2.24, 2.45) is 0 Å². The lowest BCUT2D eigenvalue weighted by atomic mass is 9.78. The first kappa shape index (κ1) is 17.1. The Bertz CT molecular complexity index is 649. The van der Waals surface area contributed by atoms with Gasteiger partial charge in [0, 0.05) is 6.07 Å². The van der Waals surface area contributed by atoms with Crippen LogP contribution in [-0.2, 0) is 9.53 Å². The zero-order valence-corrected chi connectivity index (χ0v) is 14.5. The molecule has 0 N–H and O–H groups in total. The quantitative estimate of drug-likeness (QED) is 0.768. The molecule has 1 aliphatic carbocycles. The second kappa shape index (κ2) is 7.01. The zero-order chi connectivity index (χ0) is 17.2. The Balaban J connectivity index is 1.81. The summed E-state index contributed by atoms with van der Waals surface area (Å²) in [7, 11) is 0. The number of fused-ring (bicyclic) bond motifs is 1. The normalized spacial score (nSPS) is 18.7. The summed E-state index contributed by atoms with van der Waals surface area (Å²) < 4.78 is 16.5. The van der Waals surface area contributed by atoms with Gasteiger partial charge >= 0.3 is 5.97 Å². The van der Waals surface area contributed by atoms with Gasteiger partial charge in [-0.3, -0.25) is 4.79 Å². The Morgan fingerprint density at radius 2 is 2.04 bits per heavy atom. The standard InChI is InChI=1S/C18H21ClO5/c1-2-22-17(21)11-23-16-9-15-12(8-13(16)19)14(20)10-18(24-15)6-4-3-5-7-18/h8-9H,2-7,10-11H2,1H3. The molecule has 0 aromatic heterocycles. The second-order valence-corrected chi connectivity index (χ2v) is 6.73. The van der Waals surface area contributed by atoms with Crippen LogP contribution in [0.5, 0.6) is 11.5 Å². The van der Waals surface area contributed by atoms with Gasteiger partial charge in [-0.1, -0.05) is 18.0 Å². The molecule has 0 saturated heterocycles. The minimum atomic E-state index is -0.466. The van der Waals surface area contributed by atoms with Gasteiger partial charge in [0.05, 0.1) is 23.6 Å². The van der Waals surface area contributed by atoms with Crippen molar-refractivity contribution in [1.82, 2.24) is 0 Å². The summed E-state index contributed by atoms with van der Waals surface area (Å²) in [6, 6.07) is 3.18. The maximum atomic E-state index is 12.5. The first-order valence-electron chi connectivity index (χ1n) is 8.37. The van der Waals surface area contributed by atoms with Crippen molar-refractivity contribution >= 4 is 23.4 Å². The van der Waals surface area contributed by atoms with E-state index < -0.39 is 11.6 Å². The van der Waals surface area contributed by atoms with Crippen LogP contribution in [0.1, 0.15) is 55.8 Å². The molecule has 1 aromatic carbocycles. The predicted molar refractivity (Wildman–Crippen MR) is 89.0 cm³/mol. The van der Waals surface area contributed by atoms with Crippen molar-refractivity contribution in [2.75, 3.05) is 13.2 Å². The molecule has 1 saturated carbocycles. The van der Waals surface area contributed by atoms with Crippen LogP contribution in [0.15, 0.2) is 12.1 Å². The van der Waals surface area contributed by atoms with Crippen molar-refractivity contribution in [2.45, 2.75) is 51.0 Å². The molecule has 0 bridgehead atoms. The van der Waals surface area contributed by atoms with Gasteiger partial charge in [0.25, 0.3) is 0 Å². The zero-order valence-electron chi connectivity index (χ0n) is 13.7. The highest BCUT2D eigenvalue weighted by atomic mass is 35.5. The van der Waals surface area contributed by atoms with Gasteiger partial charge < -0.3 is 14.2 Å². The monoisotopic (exact) mass is 352 g/mol. The van der Waals surface area contributed by atoms with Gasteiger partial charge in [-0.25, -0.2) is 4.79 Å². The summed E-state index contributed by atoms with van der Waals surface area (Å²) in [4.78, 5) is 24.0. The molecular formula is C18H21ClO5. The molecule has 24 heavy (non-hydrogen) atoms. The Kier molecular flexibility index (Phi) is 4.99. The summed E-state index contributed by atoms with van der Waals surface area (Å²) >= 11 is 6.18. The summed E-state index contributed by atoms with van der Waals surface area (Å²) in [5.74, 6) is 0.407. The molecule has 1 fully saturated rings. The van der Waals surface area contributed by atoms with E-state index in [4.69, 9.17) is 25.8 Å². The number of halogens is 1. The number of ketones is 1. The van der Waals surface area contributed by atoms with E-state index in [2.05, 4.69) is 0 Å². The molecule has 1 aromatic rings. The fourth-order valence-corrected chi connectivity index (χ4v) is 3.64. The molecule has 0 unspecified atom stereocenters. The van der Waals surface area contributed by atoms with Gasteiger partial charge in [-0.05, 0) is 38.7 Å². The number of carbonyl (C=O) groups excluding carboxylic acids is 2. The van der Waals surface area contributed by atoms with Crippen molar-refractivity contribution in [3.8, 4) is 11.5 Å². The Morgan fingerprint density at radius 1 is 1.29 bits per heavy atom. The minimum Gasteiger partial charge on any atom is -0.486 e. The molecule has 0 radical (unpaired) electrons. The first-order chi connectivity index (χ1) is 11.5. The number of Topliss-reactive ketones (excluding diaryl/α,β-unsaturated/α-hetero) is 1. The third-order valence-corrected chi connectivity index (χ3v) is 4.85. The number of ether oxygens (including phenoxy) is 3. The van der Waals surface area contributed by atoms with Crippen molar-refractivity contribution in [3.05, 3.63) is 22.7 Å². The molecule has 130 valence electrons. The number of hydrogen-bond acceptors (Lipinski definition) is 5. The molecule has 1 spiro atoms. The van der Waals surface area contributed by atoms with E-state index in [0.717, 1.165) is 25.7 Å². The maximum absolute atomic E-state index is 12.5. The number of rotatable bonds is 4. The highest BCUT2D eigenvalue weighted by Crippen LogP contribution is 2.44. The lowest BCUT2D eigenvalue weighted by molar-refractivity contribution is -0.145. The van der Waals surface area contributed by atoms with Gasteiger partial charge in [-0.2, -0.15) is 0 Å². The molecule has 5 nitrogen and oxygen atoms in total. The largest absolute Gasteiger partial charge is 0.486 e. The lowest BCUT2D eigenvalue weighted by Gasteiger charge is -2.40. The van der Waals surface area contributed by atoms with E-state index in [1.807, 2.05) is 0 Å². The van der Waals surface area contributed by atoms with Crippen LogP contribution in [-0.4, -0.2) is 30.6 Å². The van der Waals surface area contributed by atoms with Crippen LogP contribution in [0, 0.1) is 0 Å². The van der Waals surface area contributed by atoms with Gasteiger partial charge in [0.15, 0.2) is 12.4 Å². The summed E-state index contributed by atoms with van der Waals surface area (Å²) in [6.45, 7) is 1.79. The van der Waals surface area contributed by atoms with E-state index in [1.54, 1.807) is 19.1 Å². The SMILES string of the molecule is CCOC(=O)COc1cc2c(cc1Cl)C(=O)CC1(CCCCC1)O2. The minimum absolute atomic E-state index is 0.0528. The summed E-state index contributed by atoms with van der Waals surface area (Å²) in [6.07, 6.45) is 5.50. The van der Waals surface area contributed by atoms with Crippen LogP contribution >= 0.6 is 11.6 Å². The van der Waals surface area contributed by atoms with E-state index in [1.165, 1.54) is 6.42 Å². The fourth-order valence-electron chi connectivity index (χ4n) is 3.42. The number of carbonyl (C=O) groups is 2. The second-order valence-electron chi connectivity index (χ2n) is 6.32. The van der Waals surface area contributed by atoms with Crippen LogP contribution in [0.4, 0.5) is 0 Å². The Morgan fingerprint density at radius 3 is 2.75 bits per heavy atom. The number of benzene rings is 1. The highest BCUT2D eigenvalue weighted by Gasteiger charge is 2.41. The highest BCUT2D eigenvalue weighted by molar-refractivity contribution is 6.32. The van der Waals surface area contributed by atoms with E-state index >= 15 is 0 Å². The van der Waals surface area contributed by atoms with E-state index in [0.29, 0.717) is 30.1 Å². The van der Waals surface area contributed by atoms with Crippen LogP contribution in [0.2, 0.25) is 5.02 Å². The van der Waals surface area contributed by atoms with Crippen molar-refractivity contribution in [3.63, 3.8) is 0 Å². The molecular weight excluding hydrogens is 332 g/mol. The van der Waals surface area contributed by atoms with Gasteiger partial charge in [0.1, 0.15) is 17.1 Å². The van der Waals surface area contributed by atoms with Crippen LogP contribution in [0.25, 0.3) is 0 Å². The summed E-state index contributed by atoms with van der Waals surface area (Å²) in [5, 5.41) is 0.287.